The fourth-order valence-corrected chi connectivity index (χ4v) is 5.32. The van der Waals surface area contributed by atoms with Gasteiger partial charge in [0.05, 0.1) is 13.2 Å². The third kappa shape index (κ3) is 2.84. The Morgan fingerprint density at radius 3 is 1.41 bits per heavy atom. The minimum absolute atomic E-state index is 0.0313. The van der Waals surface area contributed by atoms with Gasteiger partial charge in [-0.15, -0.1) is 0 Å². The molecule has 0 N–H and O–H groups in total. The molecule has 0 bridgehead atoms. The lowest BCUT2D eigenvalue weighted by Crippen LogP contribution is -2.14. The zero-order chi connectivity index (χ0) is 23.4. The van der Waals surface area contributed by atoms with Gasteiger partial charge in [0.1, 0.15) is 11.5 Å². The van der Waals surface area contributed by atoms with Crippen molar-refractivity contribution in [2.24, 2.45) is 0 Å². The Morgan fingerprint density at radius 2 is 1.00 bits per heavy atom. The van der Waals surface area contributed by atoms with Crippen LogP contribution in [0.25, 0.3) is 54.2 Å². The Labute approximate surface area is 197 Å². The molecule has 0 atom stereocenters. The molecule has 0 spiro atoms. The van der Waals surface area contributed by atoms with Crippen molar-refractivity contribution >= 4 is 43.1 Å². The van der Waals surface area contributed by atoms with Gasteiger partial charge in [-0.05, 0) is 25.0 Å². The molecule has 2 aliphatic rings. The van der Waals surface area contributed by atoms with E-state index in [1.54, 1.807) is 0 Å². The Morgan fingerprint density at radius 1 is 0.588 bits per heavy atom. The molecular weight excluding hydrogens is 424 g/mol. The van der Waals surface area contributed by atoms with Crippen LogP contribution in [-0.4, -0.2) is 13.2 Å². The molecule has 4 heteroatoms. The molecule has 0 saturated heterocycles. The summed E-state index contributed by atoms with van der Waals surface area (Å²) in [7, 11) is 0. The highest BCUT2D eigenvalue weighted by molar-refractivity contribution is 6.29. The number of hydrogen-bond acceptors (Lipinski definition) is 4. The third-order valence-electron chi connectivity index (χ3n) is 6.99. The molecule has 170 valence electrons. The Hall–Kier alpha value is -3.66. The predicted octanol–water partition coefficient (Wildman–Crippen LogP) is 6.80. The van der Waals surface area contributed by atoms with E-state index < -0.39 is 0 Å². The maximum Gasteiger partial charge on any atom is 0.194 e. The largest absolute Gasteiger partial charge is 0.493 e. The molecule has 0 heterocycles. The molecule has 2 aliphatic carbocycles. The Balaban J connectivity index is 1.79. The van der Waals surface area contributed by atoms with E-state index in [4.69, 9.17) is 9.47 Å². The van der Waals surface area contributed by atoms with Crippen LogP contribution in [-0.2, 0) is 0 Å². The van der Waals surface area contributed by atoms with E-state index >= 15 is 0 Å². The molecule has 0 fully saturated rings. The van der Waals surface area contributed by atoms with Crippen LogP contribution in [0.2, 0.25) is 0 Å². The molecule has 4 nitrogen and oxygen atoms in total. The van der Waals surface area contributed by atoms with E-state index in [-0.39, 0.29) is 10.9 Å². The van der Waals surface area contributed by atoms with Gasteiger partial charge < -0.3 is 9.47 Å². The summed E-state index contributed by atoms with van der Waals surface area (Å²) in [4.78, 5) is 27.6. The van der Waals surface area contributed by atoms with Crippen LogP contribution in [0.5, 0.6) is 11.5 Å². The lowest BCUT2D eigenvalue weighted by atomic mass is 9.81. The van der Waals surface area contributed by atoms with Gasteiger partial charge in [-0.3, -0.25) is 9.59 Å². The highest BCUT2D eigenvalue weighted by Crippen LogP contribution is 2.48. The normalized spacial score (nSPS) is 12.2. The van der Waals surface area contributed by atoms with Gasteiger partial charge in [0, 0.05) is 54.2 Å². The fourth-order valence-electron chi connectivity index (χ4n) is 5.32. The van der Waals surface area contributed by atoms with Crippen molar-refractivity contribution in [1.29, 1.82) is 0 Å². The average Bonchev–Trinajstić information content (AvgIpc) is 2.86. The van der Waals surface area contributed by atoms with Crippen LogP contribution in [0.4, 0.5) is 0 Å². The number of benzene rings is 6. The van der Waals surface area contributed by atoms with Crippen molar-refractivity contribution in [3.8, 4) is 22.6 Å². The first-order chi connectivity index (χ1) is 16.7. The van der Waals surface area contributed by atoms with Crippen LogP contribution in [0.3, 0.4) is 0 Å². The van der Waals surface area contributed by atoms with Crippen molar-refractivity contribution in [1.82, 2.24) is 0 Å². The second-order valence-corrected chi connectivity index (χ2v) is 9.11. The highest BCUT2D eigenvalue weighted by Gasteiger charge is 2.28. The molecule has 0 radical (unpaired) electrons. The molecule has 0 saturated carbocycles. The summed E-state index contributed by atoms with van der Waals surface area (Å²) in [6.07, 6.45) is 3.90. The van der Waals surface area contributed by atoms with Crippen molar-refractivity contribution < 1.29 is 9.47 Å². The topological polar surface area (TPSA) is 52.6 Å². The lowest BCUT2D eigenvalue weighted by molar-refractivity contribution is 0.313. The molecule has 34 heavy (non-hydrogen) atoms. The SMILES string of the molecule is CCCCOc1cc2c3c4c1cccc4c(=O)c1cc(OCCCC)c4cccc(c2=O)c4c1-3. The van der Waals surface area contributed by atoms with E-state index in [1.807, 2.05) is 48.5 Å². The van der Waals surface area contributed by atoms with Gasteiger partial charge in [-0.2, -0.15) is 0 Å². The second-order valence-electron chi connectivity index (χ2n) is 9.11. The second kappa shape index (κ2) is 7.98. The quantitative estimate of drug-likeness (QED) is 0.145. The first-order valence-corrected chi connectivity index (χ1v) is 12.2. The van der Waals surface area contributed by atoms with Crippen molar-refractivity contribution in [2.75, 3.05) is 13.2 Å². The van der Waals surface area contributed by atoms with Crippen molar-refractivity contribution in [3.63, 3.8) is 0 Å². The molecule has 0 amide bonds. The van der Waals surface area contributed by atoms with Gasteiger partial charge in [0.25, 0.3) is 0 Å². The zero-order valence-corrected chi connectivity index (χ0v) is 19.5. The lowest BCUT2D eigenvalue weighted by Gasteiger charge is -2.23. The van der Waals surface area contributed by atoms with Gasteiger partial charge >= 0.3 is 0 Å². The maximum absolute atomic E-state index is 13.8. The number of hydrogen-bond donors (Lipinski definition) is 0. The summed E-state index contributed by atoms with van der Waals surface area (Å²) < 4.78 is 12.3. The zero-order valence-electron chi connectivity index (χ0n) is 19.5. The first-order valence-electron chi connectivity index (χ1n) is 12.2. The number of unbranched alkanes of at least 4 members (excludes halogenated alkanes) is 2. The maximum atomic E-state index is 13.8. The summed E-state index contributed by atoms with van der Waals surface area (Å²) in [5.41, 5.74) is 1.65. The van der Waals surface area contributed by atoms with E-state index in [0.717, 1.165) is 58.4 Å². The minimum Gasteiger partial charge on any atom is -0.493 e. The van der Waals surface area contributed by atoms with E-state index in [0.29, 0.717) is 46.3 Å². The predicted molar refractivity (Wildman–Crippen MR) is 140 cm³/mol. The molecule has 4 aromatic carbocycles. The van der Waals surface area contributed by atoms with Crippen LogP contribution in [0, 0.1) is 0 Å². The molecule has 6 rings (SSSR count). The molecule has 4 aromatic rings. The van der Waals surface area contributed by atoms with Crippen molar-refractivity contribution in [2.45, 2.75) is 39.5 Å². The standard InChI is InChI=1S/C30H26O4/c1-3-5-13-33-23-15-21-27-25-17(23)9-7-11-19(25)30(32)22-16-24(34-14-6-4-2)18-10-8-12-20(29(21)31)26(18)28(22)27/h7-12,15-16H,3-6,13-14H2,1-2H3. The van der Waals surface area contributed by atoms with Gasteiger partial charge in [0.15, 0.2) is 10.9 Å². The summed E-state index contributed by atoms with van der Waals surface area (Å²) in [5.74, 6) is 1.34. The first kappa shape index (κ1) is 20.9. The summed E-state index contributed by atoms with van der Waals surface area (Å²) in [6, 6.07) is 15.3. The van der Waals surface area contributed by atoms with E-state index in [9.17, 15) is 9.59 Å². The molecule has 0 unspecified atom stereocenters. The molecular formula is C30H26O4. The van der Waals surface area contributed by atoms with Gasteiger partial charge in [-0.25, -0.2) is 0 Å². The van der Waals surface area contributed by atoms with Gasteiger partial charge in [-0.1, -0.05) is 63.1 Å². The van der Waals surface area contributed by atoms with Crippen LogP contribution >= 0.6 is 0 Å². The Kier molecular flexibility index (Phi) is 4.91. The Bertz CT molecular complexity index is 1590. The van der Waals surface area contributed by atoms with E-state index in [1.165, 1.54) is 0 Å². The summed E-state index contributed by atoms with van der Waals surface area (Å²) in [6.45, 7) is 5.39. The average molecular weight is 451 g/mol. The van der Waals surface area contributed by atoms with Crippen LogP contribution < -0.4 is 20.3 Å². The highest BCUT2D eigenvalue weighted by atomic mass is 16.5. The van der Waals surface area contributed by atoms with Crippen LogP contribution in [0.1, 0.15) is 39.5 Å². The fraction of sp³-hybridized carbons (Fsp3) is 0.267. The summed E-state index contributed by atoms with van der Waals surface area (Å²) >= 11 is 0. The smallest absolute Gasteiger partial charge is 0.194 e. The minimum atomic E-state index is -0.0313. The third-order valence-corrected chi connectivity index (χ3v) is 6.99. The van der Waals surface area contributed by atoms with Crippen LogP contribution in [0.15, 0.2) is 58.1 Å². The molecule has 0 aromatic heterocycles. The van der Waals surface area contributed by atoms with Gasteiger partial charge in [0.2, 0.25) is 0 Å². The van der Waals surface area contributed by atoms with Crippen molar-refractivity contribution in [3.05, 3.63) is 69.0 Å². The molecule has 0 aliphatic heterocycles. The number of rotatable bonds is 8. The van der Waals surface area contributed by atoms with E-state index in [2.05, 4.69) is 13.8 Å². The number of ether oxygens (including phenoxy) is 2. The monoisotopic (exact) mass is 450 g/mol. The summed E-state index contributed by atoms with van der Waals surface area (Å²) in [5, 5.41) is 5.88.